The third-order valence-electron chi connectivity index (χ3n) is 6.72. The molecule has 0 aliphatic rings. The minimum atomic E-state index is -0.454. The second-order valence-corrected chi connectivity index (χ2v) is 8.88. The molecule has 9 heteroatoms. The van der Waals surface area contributed by atoms with Crippen LogP contribution in [0.15, 0.2) is 78.0 Å². The zero-order valence-electron chi connectivity index (χ0n) is 20.0. The smallest absolute Gasteiger partial charge is 0.328 e. The Kier molecular flexibility index (Phi) is 4.68. The molecular formula is C27H23N7O2. The van der Waals surface area contributed by atoms with Crippen LogP contribution in [0.4, 0.5) is 0 Å². The highest BCUT2D eigenvalue weighted by atomic mass is 16.2. The molecule has 3 aromatic heterocycles. The van der Waals surface area contributed by atoms with Crippen molar-refractivity contribution in [1.82, 2.24) is 28.2 Å². The lowest BCUT2D eigenvalue weighted by Gasteiger charge is -2.11. The van der Waals surface area contributed by atoms with Gasteiger partial charge in [0.15, 0.2) is 5.82 Å². The summed E-state index contributed by atoms with van der Waals surface area (Å²) in [5.74, 6) is 0.288. The number of benzene rings is 3. The van der Waals surface area contributed by atoms with Gasteiger partial charge in [-0.1, -0.05) is 18.2 Å². The van der Waals surface area contributed by atoms with Gasteiger partial charge >= 0.3 is 5.69 Å². The maximum atomic E-state index is 12.5. The Morgan fingerprint density at radius 2 is 1.53 bits per heavy atom. The number of carbonyl (C=O) groups is 1. The molecule has 0 unspecified atom stereocenters. The average molecular weight is 478 g/mol. The van der Waals surface area contributed by atoms with Crippen LogP contribution >= 0.6 is 0 Å². The predicted octanol–water partition coefficient (Wildman–Crippen LogP) is 3.38. The minimum Gasteiger partial charge on any atom is -0.366 e. The fraction of sp³-hybridized carbons (Fsp3) is 0.111. The summed E-state index contributed by atoms with van der Waals surface area (Å²) >= 11 is 0. The molecule has 3 heterocycles. The van der Waals surface area contributed by atoms with Crippen LogP contribution in [0.2, 0.25) is 0 Å². The molecule has 0 aliphatic carbocycles. The number of primary amides is 1. The molecule has 0 spiro atoms. The first-order valence-electron chi connectivity index (χ1n) is 11.4. The second-order valence-electron chi connectivity index (χ2n) is 8.88. The lowest BCUT2D eigenvalue weighted by atomic mass is 10.0. The van der Waals surface area contributed by atoms with Crippen molar-refractivity contribution in [1.29, 1.82) is 0 Å². The van der Waals surface area contributed by atoms with Gasteiger partial charge in [0, 0.05) is 32.4 Å². The Hall–Kier alpha value is -4.92. The highest BCUT2D eigenvalue weighted by Gasteiger charge is 2.19. The van der Waals surface area contributed by atoms with Crippen molar-refractivity contribution in [2.24, 2.45) is 26.9 Å². The van der Waals surface area contributed by atoms with E-state index in [0.29, 0.717) is 5.56 Å². The molecule has 2 N–H and O–H groups in total. The van der Waals surface area contributed by atoms with Crippen LogP contribution in [0, 0.1) is 0 Å². The molecular weight excluding hydrogens is 454 g/mol. The molecule has 1 amide bonds. The topological polar surface area (TPSA) is 106 Å². The van der Waals surface area contributed by atoms with Gasteiger partial charge in [-0.05, 0) is 53.6 Å². The van der Waals surface area contributed by atoms with Crippen LogP contribution in [0.25, 0.3) is 50.4 Å². The highest BCUT2D eigenvalue weighted by Crippen LogP contribution is 2.32. The molecule has 6 rings (SSSR count). The number of carbonyl (C=O) groups excluding carboxylic acids is 1. The van der Waals surface area contributed by atoms with Crippen LogP contribution < -0.4 is 11.4 Å². The number of imidazole rings is 3. The van der Waals surface area contributed by atoms with Gasteiger partial charge in [-0.2, -0.15) is 0 Å². The van der Waals surface area contributed by atoms with E-state index in [1.807, 2.05) is 60.1 Å². The van der Waals surface area contributed by atoms with E-state index in [9.17, 15) is 9.59 Å². The van der Waals surface area contributed by atoms with Crippen molar-refractivity contribution in [3.05, 3.63) is 89.2 Å². The Bertz CT molecular complexity index is 1870. The van der Waals surface area contributed by atoms with Crippen molar-refractivity contribution >= 4 is 28.0 Å². The van der Waals surface area contributed by atoms with Gasteiger partial charge in [-0.3, -0.25) is 18.5 Å². The summed E-state index contributed by atoms with van der Waals surface area (Å²) in [4.78, 5) is 33.2. The van der Waals surface area contributed by atoms with Crippen LogP contribution in [0.3, 0.4) is 0 Å². The lowest BCUT2D eigenvalue weighted by molar-refractivity contribution is 0.100. The van der Waals surface area contributed by atoms with Crippen LogP contribution in [-0.2, 0) is 21.1 Å². The van der Waals surface area contributed by atoms with E-state index in [1.165, 1.54) is 0 Å². The standard InChI is InChI=1S/C27H23N7O2/c1-31-15-29-14-24(31)26-30-20-12-18(16-4-6-17(7-5-16)25(28)35)8-10-21(20)34(26)19-9-11-22-23(13-19)33(3)27(36)32(22)2/h4-15H,1-3H3,(H2,28,35). The summed E-state index contributed by atoms with van der Waals surface area (Å²) in [5, 5.41) is 0. The number of hydrogen-bond donors (Lipinski definition) is 1. The van der Waals surface area contributed by atoms with Crippen molar-refractivity contribution in [2.75, 3.05) is 0 Å². The molecule has 3 aromatic carbocycles. The lowest BCUT2D eigenvalue weighted by Crippen LogP contribution is -2.19. The Morgan fingerprint density at radius 3 is 2.22 bits per heavy atom. The third kappa shape index (κ3) is 3.17. The highest BCUT2D eigenvalue weighted by molar-refractivity contribution is 5.94. The molecule has 0 aliphatic heterocycles. The maximum absolute atomic E-state index is 12.5. The Labute approximate surface area is 205 Å². The fourth-order valence-corrected chi connectivity index (χ4v) is 4.73. The van der Waals surface area contributed by atoms with Gasteiger partial charge in [0.25, 0.3) is 0 Å². The molecule has 9 nitrogen and oxygen atoms in total. The largest absolute Gasteiger partial charge is 0.366 e. The zero-order valence-corrected chi connectivity index (χ0v) is 20.0. The van der Waals surface area contributed by atoms with Crippen molar-refractivity contribution in [2.45, 2.75) is 0 Å². The summed E-state index contributed by atoms with van der Waals surface area (Å²) in [6.07, 6.45) is 3.53. The number of hydrogen-bond acceptors (Lipinski definition) is 4. The molecule has 0 bridgehead atoms. The SMILES string of the molecule is Cn1cncc1-c1nc2cc(-c3ccc(C(N)=O)cc3)ccc2n1-c1ccc2c(c1)n(C)c(=O)n2C. The molecule has 6 aromatic rings. The number of nitrogens with zero attached hydrogens (tertiary/aromatic N) is 6. The molecule has 0 saturated heterocycles. The van der Waals surface area contributed by atoms with E-state index in [-0.39, 0.29) is 5.69 Å². The van der Waals surface area contributed by atoms with E-state index in [0.717, 1.165) is 50.4 Å². The van der Waals surface area contributed by atoms with Crippen LogP contribution in [-0.4, -0.2) is 34.1 Å². The predicted molar refractivity (Wildman–Crippen MR) is 139 cm³/mol. The molecule has 0 radical (unpaired) electrons. The van der Waals surface area contributed by atoms with E-state index in [2.05, 4.69) is 9.55 Å². The van der Waals surface area contributed by atoms with Crippen LogP contribution in [0.5, 0.6) is 0 Å². The van der Waals surface area contributed by atoms with E-state index in [1.54, 1.807) is 47.9 Å². The summed E-state index contributed by atoms with van der Waals surface area (Å²) in [7, 11) is 5.48. The van der Waals surface area contributed by atoms with Gasteiger partial charge in [-0.25, -0.2) is 14.8 Å². The number of nitrogens with two attached hydrogens (primary N) is 1. The normalized spacial score (nSPS) is 11.5. The first-order chi connectivity index (χ1) is 17.3. The first kappa shape index (κ1) is 21.6. The number of fused-ring (bicyclic) bond motifs is 2. The van der Waals surface area contributed by atoms with E-state index < -0.39 is 5.91 Å². The molecule has 36 heavy (non-hydrogen) atoms. The summed E-state index contributed by atoms with van der Waals surface area (Å²) in [6.45, 7) is 0. The summed E-state index contributed by atoms with van der Waals surface area (Å²) in [5.41, 5.74) is 12.9. The summed E-state index contributed by atoms with van der Waals surface area (Å²) in [6, 6.07) is 19.3. The van der Waals surface area contributed by atoms with Crippen molar-refractivity contribution < 1.29 is 4.79 Å². The number of aromatic nitrogens is 6. The molecule has 0 fully saturated rings. The zero-order chi connectivity index (χ0) is 25.1. The van der Waals surface area contributed by atoms with Crippen LogP contribution in [0.1, 0.15) is 10.4 Å². The van der Waals surface area contributed by atoms with Gasteiger partial charge in [0.2, 0.25) is 5.91 Å². The van der Waals surface area contributed by atoms with E-state index >= 15 is 0 Å². The minimum absolute atomic E-state index is 0.0727. The maximum Gasteiger partial charge on any atom is 0.328 e. The van der Waals surface area contributed by atoms with E-state index in [4.69, 9.17) is 10.7 Å². The average Bonchev–Trinajstić information content (AvgIpc) is 3.54. The monoisotopic (exact) mass is 477 g/mol. The third-order valence-corrected chi connectivity index (χ3v) is 6.72. The Morgan fingerprint density at radius 1 is 0.833 bits per heavy atom. The Balaban J connectivity index is 1.58. The van der Waals surface area contributed by atoms with Gasteiger partial charge in [0.1, 0.15) is 5.69 Å². The van der Waals surface area contributed by atoms with Gasteiger partial charge in [-0.15, -0.1) is 0 Å². The quantitative estimate of drug-likeness (QED) is 0.420. The van der Waals surface area contributed by atoms with Gasteiger partial charge in [0.05, 0.1) is 34.6 Å². The second kappa shape index (κ2) is 7.81. The van der Waals surface area contributed by atoms with Gasteiger partial charge < -0.3 is 10.3 Å². The number of aryl methyl sites for hydroxylation is 3. The molecule has 0 saturated carbocycles. The molecule has 178 valence electrons. The van der Waals surface area contributed by atoms with Crippen molar-refractivity contribution in [3.8, 4) is 28.3 Å². The molecule has 0 atom stereocenters. The fourth-order valence-electron chi connectivity index (χ4n) is 4.73. The number of amides is 1. The first-order valence-corrected chi connectivity index (χ1v) is 11.4. The summed E-state index contributed by atoms with van der Waals surface area (Å²) < 4.78 is 7.31. The van der Waals surface area contributed by atoms with Crippen molar-refractivity contribution in [3.63, 3.8) is 0 Å². The number of rotatable bonds is 4.